The van der Waals surface area contributed by atoms with Crippen LogP contribution in [-0.4, -0.2) is 11.7 Å². The molecule has 0 saturated carbocycles. The Morgan fingerprint density at radius 3 is 2.25 bits per heavy atom. The third-order valence-corrected chi connectivity index (χ3v) is 5.05. The predicted molar refractivity (Wildman–Crippen MR) is 104 cm³/mol. The van der Waals surface area contributed by atoms with Crippen LogP contribution >= 0.6 is 11.8 Å². The molecular formula is C21H27NOS. The molecule has 0 aromatic heterocycles. The van der Waals surface area contributed by atoms with Crippen LogP contribution in [0.1, 0.15) is 47.7 Å². The Kier molecular flexibility index (Phi) is 6.92. The highest BCUT2D eigenvalue weighted by Crippen LogP contribution is 2.17. The monoisotopic (exact) mass is 341 g/mol. The van der Waals surface area contributed by atoms with Gasteiger partial charge in [0.05, 0.1) is 11.8 Å². The van der Waals surface area contributed by atoms with Gasteiger partial charge in [0.1, 0.15) is 0 Å². The van der Waals surface area contributed by atoms with Gasteiger partial charge in [0, 0.05) is 5.75 Å². The molecule has 0 aliphatic rings. The van der Waals surface area contributed by atoms with Crippen LogP contribution in [0.25, 0.3) is 0 Å². The molecule has 0 saturated heterocycles. The standard InChI is InChI=1S/C21H27NOS/c1-5-18-6-8-20(9-7-18)17(4)22-21(23)14-24-13-19-11-15(2)10-16(3)12-19/h6-12,17H,5,13-14H2,1-4H3,(H,22,23)/t17-/m1/s1. The van der Waals surface area contributed by atoms with Crippen LogP contribution in [-0.2, 0) is 17.0 Å². The van der Waals surface area contributed by atoms with Crippen LogP contribution in [0.5, 0.6) is 0 Å². The van der Waals surface area contributed by atoms with E-state index in [1.165, 1.54) is 22.3 Å². The second-order valence-electron chi connectivity index (χ2n) is 6.37. The lowest BCUT2D eigenvalue weighted by Crippen LogP contribution is -2.28. The Balaban J connectivity index is 1.79. The van der Waals surface area contributed by atoms with E-state index >= 15 is 0 Å². The van der Waals surface area contributed by atoms with Gasteiger partial charge in [-0.25, -0.2) is 0 Å². The average molecular weight is 342 g/mol. The van der Waals surface area contributed by atoms with Gasteiger partial charge in [-0.05, 0) is 43.9 Å². The number of carbonyl (C=O) groups excluding carboxylic acids is 1. The molecule has 128 valence electrons. The van der Waals surface area contributed by atoms with Crippen molar-refractivity contribution in [2.45, 2.75) is 45.9 Å². The summed E-state index contributed by atoms with van der Waals surface area (Å²) in [4.78, 5) is 12.1. The predicted octanol–water partition coefficient (Wildman–Crippen LogP) is 4.98. The molecule has 24 heavy (non-hydrogen) atoms. The maximum absolute atomic E-state index is 12.1. The van der Waals surface area contributed by atoms with Crippen molar-refractivity contribution in [1.82, 2.24) is 5.32 Å². The van der Waals surface area contributed by atoms with E-state index in [9.17, 15) is 4.79 Å². The minimum absolute atomic E-state index is 0.0465. The molecule has 0 bridgehead atoms. The topological polar surface area (TPSA) is 29.1 Å². The molecule has 1 N–H and O–H groups in total. The second-order valence-corrected chi connectivity index (χ2v) is 7.36. The van der Waals surface area contributed by atoms with Crippen molar-refractivity contribution in [3.8, 4) is 0 Å². The first-order valence-corrected chi connectivity index (χ1v) is 9.66. The molecule has 0 unspecified atom stereocenters. The molecule has 2 aromatic carbocycles. The van der Waals surface area contributed by atoms with Crippen molar-refractivity contribution in [3.05, 3.63) is 70.3 Å². The van der Waals surface area contributed by atoms with Crippen molar-refractivity contribution in [2.75, 3.05) is 5.75 Å². The minimum atomic E-state index is 0.0465. The molecule has 0 aliphatic heterocycles. The summed E-state index contributed by atoms with van der Waals surface area (Å²) in [5.41, 5.74) is 6.31. The van der Waals surface area contributed by atoms with Crippen molar-refractivity contribution in [1.29, 1.82) is 0 Å². The van der Waals surface area contributed by atoms with Gasteiger partial charge in [0.15, 0.2) is 0 Å². The van der Waals surface area contributed by atoms with Crippen molar-refractivity contribution in [2.24, 2.45) is 0 Å². The zero-order valence-electron chi connectivity index (χ0n) is 15.1. The van der Waals surface area contributed by atoms with E-state index in [4.69, 9.17) is 0 Å². The Labute approximate surface area is 150 Å². The summed E-state index contributed by atoms with van der Waals surface area (Å²) in [6.07, 6.45) is 1.04. The Morgan fingerprint density at radius 1 is 1.04 bits per heavy atom. The van der Waals surface area contributed by atoms with E-state index in [1.54, 1.807) is 11.8 Å². The molecule has 1 amide bonds. The fourth-order valence-electron chi connectivity index (χ4n) is 2.82. The van der Waals surface area contributed by atoms with E-state index < -0.39 is 0 Å². The summed E-state index contributed by atoms with van der Waals surface area (Å²) in [7, 11) is 0. The molecular weight excluding hydrogens is 314 g/mol. The highest BCUT2D eigenvalue weighted by atomic mass is 32.2. The van der Waals surface area contributed by atoms with Gasteiger partial charge in [-0.2, -0.15) is 0 Å². The van der Waals surface area contributed by atoms with Crippen LogP contribution in [0.15, 0.2) is 42.5 Å². The normalized spacial score (nSPS) is 12.0. The average Bonchev–Trinajstić information content (AvgIpc) is 2.54. The molecule has 0 radical (unpaired) electrons. The van der Waals surface area contributed by atoms with Crippen LogP contribution in [0.2, 0.25) is 0 Å². The van der Waals surface area contributed by atoms with Gasteiger partial charge in [-0.3, -0.25) is 4.79 Å². The maximum Gasteiger partial charge on any atom is 0.230 e. The number of thioether (sulfide) groups is 1. The Hall–Kier alpha value is -1.74. The van der Waals surface area contributed by atoms with Gasteiger partial charge in [-0.15, -0.1) is 11.8 Å². The number of rotatable bonds is 7. The summed E-state index contributed by atoms with van der Waals surface area (Å²) >= 11 is 1.66. The van der Waals surface area contributed by atoms with E-state index in [-0.39, 0.29) is 11.9 Å². The van der Waals surface area contributed by atoms with Crippen LogP contribution in [0.3, 0.4) is 0 Å². The number of hydrogen-bond donors (Lipinski definition) is 1. The number of amides is 1. The summed E-state index contributed by atoms with van der Waals surface area (Å²) < 4.78 is 0. The molecule has 0 fully saturated rings. The summed E-state index contributed by atoms with van der Waals surface area (Å²) in [6, 6.07) is 15.1. The zero-order chi connectivity index (χ0) is 17.5. The summed E-state index contributed by atoms with van der Waals surface area (Å²) in [6.45, 7) is 8.40. The van der Waals surface area contributed by atoms with Gasteiger partial charge < -0.3 is 5.32 Å². The zero-order valence-corrected chi connectivity index (χ0v) is 15.9. The molecule has 1 atom stereocenters. The lowest BCUT2D eigenvalue weighted by Gasteiger charge is -2.15. The fraction of sp³-hybridized carbons (Fsp3) is 0.381. The Bertz CT molecular complexity index is 658. The van der Waals surface area contributed by atoms with Crippen LogP contribution < -0.4 is 5.32 Å². The highest BCUT2D eigenvalue weighted by molar-refractivity contribution is 7.99. The molecule has 2 nitrogen and oxygen atoms in total. The van der Waals surface area contributed by atoms with E-state index in [0.717, 1.165) is 17.7 Å². The molecule has 0 heterocycles. The molecule has 2 aromatic rings. The van der Waals surface area contributed by atoms with Gasteiger partial charge >= 0.3 is 0 Å². The summed E-state index contributed by atoms with van der Waals surface area (Å²) in [5, 5.41) is 3.08. The van der Waals surface area contributed by atoms with Gasteiger partial charge in [0.25, 0.3) is 0 Å². The number of hydrogen-bond acceptors (Lipinski definition) is 2. The van der Waals surface area contributed by atoms with E-state index in [2.05, 4.69) is 68.6 Å². The largest absolute Gasteiger partial charge is 0.349 e. The highest BCUT2D eigenvalue weighted by Gasteiger charge is 2.09. The van der Waals surface area contributed by atoms with Crippen molar-refractivity contribution in [3.63, 3.8) is 0 Å². The minimum Gasteiger partial charge on any atom is -0.349 e. The first kappa shape index (κ1) is 18.6. The molecule has 2 rings (SSSR count). The second kappa shape index (κ2) is 8.93. The molecule has 0 spiro atoms. The van der Waals surface area contributed by atoms with E-state index in [1.807, 2.05) is 6.92 Å². The van der Waals surface area contributed by atoms with Gasteiger partial charge in [0.2, 0.25) is 5.91 Å². The third-order valence-electron chi connectivity index (χ3n) is 4.05. The molecule has 0 aliphatic carbocycles. The smallest absolute Gasteiger partial charge is 0.230 e. The van der Waals surface area contributed by atoms with E-state index in [0.29, 0.717) is 5.75 Å². The SMILES string of the molecule is CCc1ccc([C@@H](C)NC(=O)CSCc2cc(C)cc(C)c2)cc1. The maximum atomic E-state index is 12.1. The number of aryl methyl sites for hydroxylation is 3. The molecule has 3 heteroatoms. The number of nitrogens with one attached hydrogen (secondary N) is 1. The first-order chi connectivity index (χ1) is 11.5. The lowest BCUT2D eigenvalue weighted by atomic mass is 10.1. The first-order valence-electron chi connectivity index (χ1n) is 8.51. The quantitative estimate of drug-likeness (QED) is 0.770. The third kappa shape index (κ3) is 5.72. The summed E-state index contributed by atoms with van der Waals surface area (Å²) in [5.74, 6) is 1.45. The van der Waals surface area contributed by atoms with Gasteiger partial charge in [-0.1, -0.05) is 60.5 Å². The Morgan fingerprint density at radius 2 is 1.67 bits per heavy atom. The van der Waals surface area contributed by atoms with Crippen molar-refractivity contribution < 1.29 is 4.79 Å². The van der Waals surface area contributed by atoms with Crippen molar-refractivity contribution >= 4 is 17.7 Å². The number of benzene rings is 2. The lowest BCUT2D eigenvalue weighted by molar-refractivity contribution is -0.119. The van der Waals surface area contributed by atoms with Crippen LogP contribution in [0, 0.1) is 13.8 Å². The fourth-order valence-corrected chi connectivity index (χ4v) is 3.60. The van der Waals surface area contributed by atoms with Crippen LogP contribution in [0.4, 0.5) is 0 Å². The number of carbonyl (C=O) groups is 1.